The number of ether oxygens (including phenoxy) is 1. The maximum absolute atomic E-state index is 12.4. The number of amides is 1. The molecule has 2 rings (SSSR count). The van der Waals surface area contributed by atoms with Crippen molar-refractivity contribution in [3.8, 4) is 0 Å². The highest BCUT2D eigenvalue weighted by molar-refractivity contribution is 7.99. The fourth-order valence-corrected chi connectivity index (χ4v) is 3.11. The molecule has 1 heterocycles. The van der Waals surface area contributed by atoms with Crippen LogP contribution in [0.5, 0.6) is 0 Å². The first kappa shape index (κ1) is 21.4. The number of Topliss-reactive ketones (excluding diaryl/α,β-unsaturated/α-hetero) is 1. The Bertz CT molecular complexity index is 909. The number of nitrogens with one attached hydrogen (secondary N) is 2. The lowest BCUT2D eigenvalue weighted by Crippen LogP contribution is -2.22. The van der Waals surface area contributed by atoms with Gasteiger partial charge in [-0.15, -0.1) is 0 Å². The second-order valence-corrected chi connectivity index (χ2v) is 6.90. The first-order chi connectivity index (χ1) is 13.4. The monoisotopic (exact) mass is 403 g/mol. The lowest BCUT2D eigenvalue weighted by molar-refractivity contribution is -0.139. The summed E-state index contributed by atoms with van der Waals surface area (Å²) in [6.45, 7) is 2.01. The molecule has 148 valence electrons. The number of rotatable bonds is 9. The van der Waals surface area contributed by atoms with E-state index in [1.54, 1.807) is 12.1 Å². The van der Waals surface area contributed by atoms with Gasteiger partial charge in [0.05, 0.1) is 25.0 Å². The van der Waals surface area contributed by atoms with Gasteiger partial charge in [-0.1, -0.05) is 36.0 Å². The van der Waals surface area contributed by atoms with Crippen molar-refractivity contribution in [1.29, 1.82) is 0 Å². The Morgan fingerprint density at radius 2 is 1.93 bits per heavy atom. The van der Waals surface area contributed by atoms with E-state index in [1.807, 2.05) is 12.1 Å². The largest absolute Gasteiger partial charge is 0.469 e. The number of hydrogen-bond acceptors (Lipinski definition) is 7. The molecule has 0 bridgehead atoms. The van der Waals surface area contributed by atoms with Crippen molar-refractivity contribution in [2.75, 3.05) is 19.4 Å². The number of aromatic amines is 1. The van der Waals surface area contributed by atoms with E-state index in [0.29, 0.717) is 18.5 Å². The van der Waals surface area contributed by atoms with Gasteiger partial charge in [0, 0.05) is 25.1 Å². The molecule has 1 aromatic heterocycles. The van der Waals surface area contributed by atoms with Gasteiger partial charge < -0.3 is 15.0 Å². The summed E-state index contributed by atoms with van der Waals surface area (Å²) in [6.07, 6.45) is 0.572. The van der Waals surface area contributed by atoms with Crippen LogP contribution in [-0.2, 0) is 27.2 Å². The van der Waals surface area contributed by atoms with Gasteiger partial charge in [0.2, 0.25) is 5.91 Å². The number of ketones is 1. The molecule has 0 fully saturated rings. The molecule has 0 aliphatic heterocycles. The zero-order valence-electron chi connectivity index (χ0n) is 15.6. The van der Waals surface area contributed by atoms with Crippen molar-refractivity contribution in [3.63, 3.8) is 0 Å². The molecule has 0 aliphatic carbocycles. The second-order valence-electron chi connectivity index (χ2n) is 5.94. The average molecular weight is 403 g/mol. The van der Waals surface area contributed by atoms with Crippen molar-refractivity contribution in [3.05, 3.63) is 57.5 Å². The summed E-state index contributed by atoms with van der Waals surface area (Å²) in [5.41, 5.74) is 1.45. The number of benzene rings is 1. The van der Waals surface area contributed by atoms with Crippen LogP contribution in [0.2, 0.25) is 0 Å². The summed E-state index contributed by atoms with van der Waals surface area (Å²) >= 11 is 1.09. The first-order valence-electron chi connectivity index (χ1n) is 8.54. The van der Waals surface area contributed by atoms with Gasteiger partial charge in [-0.3, -0.25) is 19.2 Å². The van der Waals surface area contributed by atoms with Crippen LogP contribution in [0, 0.1) is 0 Å². The zero-order valence-corrected chi connectivity index (χ0v) is 16.4. The number of H-pyrrole nitrogens is 1. The molecular weight excluding hydrogens is 382 g/mol. The fourth-order valence-electron chi connectivity index (χ4n) is 2.32. The summed E-state index contributed by atoms with van der Waals surface area (Å²) in [7, 11) is 1.26. The highest BCUT2D eigenvalue weighted by Crippen LogP contribution is 2.15. The summed E-state index contributed by atoms with van der Waals surface area (Å²) in [6, 6.07) is 8.38. The SMILES string of the molecule is COC(=O)Cc1cc(=O)[nH]c(SCC(=O)c2ccc(CCNC(C)=O)cc2)n1. The third-order valence-corrected chi connectivity index (χ3v) is 4.60. The smallest absolute Gasteiger partial charge is 0.311 e. The van der Waals surface area contributed by atoms with Gasteiger partial charge in [-0.05, 0) is 12.0 Å². The van der Waals surface area contributed by atoms with E-state index in [9.17, 15) is 19.2 Å². The minimum atomic E-state index is -0.497. The normalized spacial score (nSPS) is 10.4. The molecule has 28 heavy (non-hydrogen) atoms. The molecule has 2 aromatic rings. The summed E-state index contributed by atoms with van der Waals surface area (Å²) in [4.78, 5) is 53.0. The lowest BCUT2D eigenvalue weighted by Gasteiger charge is -2.05. The zero-order chi connectivity index (χ0) is 20.5. The van der Waals surface area contributed by atoms with Crippen molar-refractivity contribution in [2.45, 2.75) is 24.9 Å². The number of hydrogen-bond donors (Lipinski definition) is 2. The molecule has 2 N–H and O–H groups in total. The van der Waals surface area contributed by atoms with Gasteiger partial charge in [0.1, 0.15) is 0 Å². The van der Waals surface area contributed by atoms with Crippen LogP contribution in [0.15, 0.2) is 40.3 Å². The van der Waals surface area contributed by atoms with E-state index in [2.05, 4.69) is 20.0 Å². The van der Waals surface area contributed by atoms with Crippen molar-refractivity contribution < 1.29 is 19.1 Å². The Morgan fingerprint density at radius 1 is 1.21 bits per heavy atom. The van der Waals surface area contributed by atoms with E-state index in [0.717, 1.165) is 17.3 Å². The third-order valence-electron chi connectivity index (χ3n) is 3.73. The molecular formula is C19H21N3O5S. The van der Waals surface area contributed by atoms with E-state index in [-0.39, 0.29) is 34.7 Å². The quantitative estimate of drug-likeness (QED) is 0.279. The number of aromatic nitrogens is 2. The minimum Gasteiger partial charge on any atom is -0.469 e. The summed E-state index contributed by atoms with van der Waals surface area (Å²) in [5.74, 6) is -0.593. The Labute approximate surface area is 166 Å². The average Bonchev–Trinajstić information content (AvgIpc) is 2.66. The Balaban J connectivity index is 1.93. The Hall–Kier alpha value is -2.94. The number of methoxy groups -OCH3 is 1. The third kappa shape index (κ3) is 6.99. The van der Waals surface area contributed by atoms with Gasteiger partial charge in [-0.2, -0.15) is 0 Å². The Kier molecular flexibility index (Phi) is 7.94. The van der Waals surface area contributed by atoms with E-state index in [1.165, 1.54) is 20.1 Å². The molecule has 9 heteroatoms. The number of thioether (sulfide) groups is 1. The molecule has 0 saturated carbocycles. The van der Waals surface area contributed by atoms with Crippen LogP contribution in [0.4, 0.5) is 0 Å². The van der Waals surface area contributed by atoms with Crippen LogP contribution < -0.4 is 10.9 Å². The van der Waals surface area contributed by atoms with E-state index < -0.39 is 11.5 Å². The molecule has 0 spiro atoms. The van der Waals surface area contributed by atoms with Gasteiger partial charge in [0.15, 0.2) is 10.9 Å². The van der Waals surface area contributed by atoms with Crippen molar-refractivity contribution >= 4 is 29.4 Å². The standard InChI is InChI=1S/C19H21N3O5S/c1-12(23)20-8-7-13-3-5-14(6-4-13)16(24)11-28-19-21-15(9-17(25)22-19)10-18(26)27-2/h3-6,9H,7-8,10-11H2,1-2H3,(H,20,23)(H,21,22,25). The van der Waals surface area contributed by atoms with Crippen molar-refractivity contribution in [1.82, 2.24) is 15.3 Å². The lowest BCUT2D eigenvalue weighted by atomic mass is 10.1. The van der Waals surface area contributed by atoms with Crippen LogP contribution in [0.25, 0.3) is 0 Å². The predicted molar refractivity (Wildman–Crippen MR) is 104 cm³/mol. The summed E-state index contributed by atoms with van der Waals surface area (Å²) in [5, 5.41) is 2.99. The Morgan fingerprint density at radius 3 is 2.57 bits per heavy atom. The van der Waals surface area contributed by atoms with Crippen LogP contribution in [0.3, 0.4) is 0 Å². The predicted octanol–water partition coefficient (Wildman–Crippen LogP) is 1.14. The fraction of sp³-hybridized carbons (Fsp3) is 0.316. The molecule has 0 aliphatic rings. The number of esters is 1. The minimum absolute atomic E-state index is 0.0777. The summed E-state index contributed by atoms with van der Waals surface area (Å²) < 4.78 is 4.56. The highest BCUT2D eigenvalue weighted by Gasteiger charge is 2.11. The first-order valence-corrected chi connectivity index (χ1v) is 9.52. The van der Waals surface area contributed by atoms with Gasteiger partial charge >= 0.3 is 5.97 Å². The highest BCUT2D eigenvalue weighted by atomic mass is 32.2. The maximum atomic E-state index is 12.4. The maximum Gasteiger partial charge on any atom is 0.311 e. The van der Waals surface area contributed by atoms with Gasteiger partial charge in [0.25, 0.3) is 5.56 Å². The molecule has 0 unspecified atom stereocenters. The van der Waals surface area contributed by atoms with Crippen LogP contribution in [0.1, 0.15) is 28.5 Å². The number of carbonyl (C=O) groups excluding carboxylic acids is 3. The topological polar surface area (TPSA) is 118 Å². The number of nitrogens with zero attached hydrogens (tertiary/aromatic N) is 1. The van der Waals surface area contributed by atoms with E-state index >= 15 is 0 Å². The van der Waals surface area contributed by atoms with E-state index in [4.69, 9.17) is 0 Å². The molecule has 0 saturated heterocycles. The number of carbonyl (C=O) groups is 3. The molecule has 1 aromatic carbocycles. The van der Waals surface area contributed by atoms with Crippen LogP contribution in [-0.4, -0.2) is 47.0 Å². The second kappa shape index (κ2) is 10.4. The van der Waals surface area contributed by atoms with Gasteiger partial charge in [-0.25, -0.2) is 4.98 Å². The molecule has 1 amide bonds. The van der Waals surface area contributed by atoms with Crippen molar-refractivity contribution in [2.24, 2.45) is 0 Å². The van der Waals surface area contributed by atoms with Crippen LogP contribution >= 0.6 is 11.8 Å². The molecule has 0 atom stereocenters. The molecule has 0 radical (unpaired) electrons. The molecule has 8 nitrogen and oxygen atoms in total.